The summed E-state index contributed by atoms with van der Waals surface area (Å²) in [5, 5.41) is 5.57. The van der Waals surface area contributed by atoms with E-state index in [4.69, 9.17) is 28.4 Å². The Labute approximate surface area is 268 Å². The summed E-state index contributed by atoms with van der Waals surface area (Å²) in [6.45, 7) is 4.95. The highest BCUT2D eigenvalue weighted by Gasteiger charge is 2.52. The summed E-state index contributed by atoms with van der Waals surface area (Å²) < 4.78 is 36.7. The molecule has 3 aromatic rings. The maximum Gasteiger partial charge on any atom is 0.328 e. The molecule has 2 aliphatic rings. The Balaban J connectivity index is 1.31. The van der Waals surface area contributed by atoms with E-state index < -0.39 is 61.0 Å². The minimum Gasteiger partial charge on any atom is -0.459 e. The zero-order chi connectivity index (χ0) is 32.5. The average Bonchev–Trinajstić information content (AvgIpc) is 3.08. The van der Waals surface area contributed by atoms with Crippen molar-refractivity contribution in [3.8, 4) is 0 Å². The molecule has 0 bridgehead atoms. The second-order valence-corrected chi connectivity index (χ2v) is 11.3. The topological polar surface area (TPSA) is 131 Å². The van der Waals surface area contributed by atoms with Crippen molar-refractivity contribution in [2.24, 2.45) is 0 Å². The number of amides is 2. The fraction of sp³-hybridized carbons (Fsp3) is 0.400. The van der Waals surface area contributed by atoms with Gasteiger partial charge in [0.1, 0.15) is 43.1 Å². The number of ether oxygens (including phenoxy) is 6. The lowest BCUT2D eigenvalue weighted by molar-refractivity contribution is -0.351. The van der Waals surface area contributed by atoms with Gasteiger partial charge in [-0.2, -0.15) is 0 Å². The summed E-state index contributed by atoms with van der Waals surface area (Å²) in [6.07, 6.45) is -4.98. The van der Waals surface area contributed by atoms with Gasteiger partial charge in [-0.05, 0) is 25.0 Å². The maximum atomic E-state index is 13.3. The second kappa shape index (κ2) is 15.9. The van der Waals surface area contributed by atoms with Crippen molar-refractivity contribution in [3.05, 3.63) is 108 Å². The van der Waals surface area contributed by atoms with Crippen molar-refractivity contribution in [3.63, 3.8) is 0 Å². The van der Waals surface area contributed by atoms with Crippen molar-refractivity contribution in [1.29, 1.82) is 0 Å². The van der Waals surface area contributed by atoms with E-state index in [1.165, 1.54) is 6.92 Å². The number of esters is 1. The van der Waals surface area contributed by atoms with Gasteiger partial charge in [-0.3, -0.25) is 9.59 Å². The third-order valence-electron chi connectivity index (χ3n) is 7.70. The van der Waals surface area contributed by atoms with Gasteiger partial charge in [0, 0.05) is 12.5 Å². The van der Waals surface area contributed by atoms with E-state index in [2.05, 4.69) is 10.6 Å². The van der Waals surface area contributed by atoms with Crippen molar-refractivity contribution in [1.82, 2.24) is 10.6 Å². The van der Waals surface area contributed by atoms with Gasteiger partial charge in [0.05, 0.1) is 13.2 Å². The maximum absolute atomic E-state index is 13.3. The summed E-state index contributed by atoms with van der Waals surface area (Å²) in [5.41, 5.74) is 2.54. The second-order valence-electron chi connectivity index (χ2n) is 11.3. The van der Waals surface area contributed by atoms with Crippen molar-refractivity contribution < 1.29 is 42.8 Å². The first-order chi connectivity index (χ1) is 22.3. The van der Waals surface area contributed by atoms with Gasteiger partial charge in [0.2, 0.25) is 11.8 Å². The number of benzene rings is 3. The number of carbonyl (C=O) groups is 3. The standard InChI is InChI=1S/C35H40N2O9/c1-22(33(40)41-19-25-13-7-4-8-14-25)36-32(39)23(2)44-31-29(37-24(3)38)35(42-20-26-15-9-5-10-16-26)45-28-21-43-34(46-30(28)31)27-17-11-6-12-18-27/h4-18,22-23,28-31,34-35H,19-21H2,1-3H3,(H,36,39)(H,37,38)/t22-,23-,28-,29+,30-,31+,34+,35-/m1/s1. The highest BCUT2D eigenvalue weighted by molar-refractivity contribution is 5.86. The molecule has 0 aliphatic carbocycles. The van der Waals surface area contributed by atoms with Crippen LogP contribution in [0.1, 0.15) is 43.8 Å². The average molecular weight is 633 g/mol. The molecule has 2 N–H and O–H groups in total. The molecule has 2 fully saturated rings. The third-order valence-corrected chi connectivity index (χ3v) is 7.70. The molecule has 3 aromatic carbocycles. The molecule has 2 saturated heterocycles. The van der Waals surface area contributed by atoms with Gasteiger partial charge in [0.25, 0.3) is 0 Å². The Morgan fingerprint density at radius 1 is 0.848 bits per heavy atom. The van der Waals surface area contributed by atoms with Gasteiger partial charge < -0.3 is 39.1 Å². The van der Waals surface area contributed by atoms with Gasteiger partial charge in [-0.1, -0.05) is 91.0 Å². The van der Waals surface area contributed by atoms with Gasteiger partial charge in [-0.15, -0.1) is 0 Å². The highest BCUT2D eigenvalue weighted by atomic mass is 16.8. The van der Waals surface area contributed by atoms with Gasteiger partial charge in [-0.25, -0.2) is 4.79 Å². The van der Waals surface area contributed by atoms with E-state index in [-0.39, 0.29) is 25.7 Å². The van der Waals surface area contributed by atoms with Crippen LogP contribution in [0.3, 0.4) is 0 Å². The summed E-state index contributed by atoms with van der Waals surface area (Å²) in [5.74, 6) is -1.46. The summed E-state index contributed by atoms with van der Waals surface area (Å²) >= 11 is 0. The molecule has 0 saturated carbocycles. The van der Waals surface area contributed by atoms with Crippen LogP contribution in [0.15, 0.2) is 91.0 Å². The monoisotopic (exact) mass is 632 g/mol. The Bertz CT molecular complexity index is 1430. The Morgan fingerprint density at radius 2 is 1.46 bits per heavy atom. The molecule has 46 heavy (non-hydrogen) atoms. The number of rotatable bonds is 12. The van der Waals surface area contributed by atoms with E-state index in [9.17, 15) is 14.4 Å². The lowest BCUT2D eigenvalue weighted by Gasteiger charge is -2.49. The predicted octanol–water partition coefficient (Wildman–Crippen LogP) is 3.57. The lowest BCUT2D eigenvalue weighted by atomic mass is 9.95. The molecule has 0 radical (unpaired) electrons. The van der Waals surface area contributed by atoms with Crippen molar-refractivity contribution in [2.45, 2.75) is 83.1 Å². The Kier molecular flexibility index (Phi) is 11.5. The van der Waals surface area contributed by atoms with E-state index in [0.29, 0.717) is 0 Å². The minimum atomic E-state index is -1.05. The summed E-state index contributed by atoms with van der Waals surface area (Å²) in [7, 11) is 0. The van der Waals surface area contributed by atoms with Crippen molar-refractivity contribution in [2.75, 3.05) is 6.61 Å². The highest BCUT2D eigenvalue weighted by Crippen LogP contribution is 2.36. The molecule has 5 rings (SSSR count). The zero-order valence-corrected chi connectivity index (χ0v) is 26.1. The molecule has 8 atom stereocenters. The van der Waals surface area contributed by atoms with E-state index in [0.717, 1.165) is 16.7 Å². The van der Waals surface area contributed by atoms with Crippen LogP contribution in [-0.2, 0) is 56.0 Å². The zero-order valence-electron chi connectivity index (χ0n) is 26.1. The van der Waals surface area contributed by atoms with Crippen LogP contribution < -0.4 is 10.6 Å². The van der Waals surface area contributed by atoms with E-state index >= 15 is 0 Å². The molecule has 2 aliphatic heterocycles. The fourth-order valence-electron chi connectivity index (χ4n) is 5.34. The van der Waals surface area contributed by atoms with Crippen LogP contribution >= 0.6 is 0 Å². The normalized spacial score (nSPS) is 25.4. The summed E-state index contributed by atoms with van der Waals surface area (Å²) in [6, 6.07) is 26.5. The molecule has 11 heteroatoms. The van der Waals surface area contributed by atoms with Gasteiger partial charge in [0.15, 0.2) is 12.6 Å². The number of hydrogen-bond acceptors (Lipinski definition) is 9. The first-order valence-electron chi connectivity index (χ1n) is 15.3. The molecule has 0 spiro atoms. The smallest absolute Gasteiger partial charge is 0.328 e. The van der Waals surface area contributed by atoms with Gasteiger partial charge >= 0.3 is 5.97 Å². The molecule has 0 unspecified atom stereocenters. The molecular formula is C35H40N2O9. The van der Waals surface area contributed by atoms with Crippen LogP contribution in [0.25, 0.3) is 0 Å². The quantitative estimate of drug-likeness (QED) is 0.288. The number of fused-ring (bicyclic) bond motifs is 1. The predicted molar refractivity (Wildman–Crippen MR) is 166 cm³/mol. The fourth-order valence-corrected chi connectivity index (χ4v) is 5.34. The Morgan fingerprint density at radius 3 is 2.09 bits per heavy atom. The van der Waals surface area contributed by atoms with Crippen LogP contribution in [0.4, 0.5) is 0 Å². The first-order valence-corrected chi connectivity index (χ1v) is 15.3. The first kappa shape index (κ1) is 33.2. The minimum absolute atomic E-state index is 0.0852. The van der Waals surface area contributed by atoms with E-state index in [1.807, 2.05) is 91.0 Å². The molecule has 244 valence electrons. The van der Waals surface area contributed by atoms with Crippen LogP contribution in [0.2, 0.25) is 0 Å². The third kappa shape index (κ3) is 8.77. The Hall–Kier alpha value is -4.13. The van der Waals surface area contributed by atoms with Crippen LogP contribution in [-0.4, -0.2) is 67.2 Å². The van der Waals surface area contributed by atoms with Crippen LogP contribution in [0.5, 0.6) is 0 Å². The van der Waals surface area contributed by atoms with Crippen LogP contribution in [0, 0.1) is 0 Å². The number of hydrogen-bond donors (Lipinski definition) is 2. The lowest BCUT2D eigenvalue weighted by Crippen LogP contribution is -2.68. The number of carbonyl (C=O) groups excluding carboxylic acids is 3. The molecular weight excluding hydrogens is 592 g/mol. The summed E-state index contributed by atoms with van der Waals surface area (Å²) in [4.78, 5) is 38.4. The number of nitrogens with one attached hydrogen (secondary N) is 2. The van der Waals surface area contributed by atoms with Crippen molar-refractivity contribution >= 4 is 17.8 Å². The molecule has 11 nitrogen and oxygen atoms in total. The van der Waals surface area contributed by atoms with E-state index in [1.54, 1.807) is 13.8 Å². The SMILES string of the molecule is CC(=O)N[C@@H]1[C@H](OCc2ccccc2)O[C@@H]2CO[C@H](c3ccccc3)O[C@H]2[C@H]1O[C@H](C)C(=O)N[C@H](C)C(=O)OCc1ccccc1. The molecule has 2 heterocycles. The molecule has 0 aromatic heterocycles. The molecule has 2 amide bonds. The largest absolute Gasteiger partial charge is 0.459 e.